The van der Waals surface area contributed by atoms with Gasteiger partial charge in [-0.25, -0.2) is 4.39 Å². The molecular formula is C22H31FN4O2S. The van der Waals surface area contributed by atoms with Gasteiger partial charge in [0.1, 0.15) is 11.6 Å². The molecule has 1 saturated carbocycles. The highest BCUT2D eigenvalue weighted by atomic mass is 32.2. The number of carbonyl (C=O) groups excluding carboxylic acids is 1. The molecule has 1 aliphatic rings. The van der Waals surface area contributed by atoms with E-state index in [-0.39, 0.29) is 29.9 Å². The van der Waals surface area contributed by atoms with E-state index in [4.69, 9.17) is 4.74 Å². The van der Waals surface area contributed by atoms with Gasteiger partial charge in [0.25, 0.3) is 0 Å². The molecule has 1 aromatic heterocycles. The average Bonchev–Trinajstić information content (AvgIpc) is 3.14. The van der Waals surface area contributed by atoms with E-state index < -0.39 is 0 Å². The van der Waals surface area contributed by atoms with Crippen molar-refractivity contribution in [3.63, 3.8) is 0 Å². The standard InChI is InChI=1S/C22H31FN4O2S/c1-14(2)27-21(16(4)29-18-11-9-17(23)10-12-18)25-26-22(27)30-13-20(28)24-19-8-6-5-7-15(19)3/h9-12,14-16,19H,5-8,13H2,1-4H3,(H,24,28). The van der Waals surface area contributed by atoms with Crippen LogP contribution in [-0.2, 0) is 4.79 Å². The number of nitrogens with zero attached hydrogens (tertiary/aromatic N) is 3. The third-order valence-corrected chi connectivity index (χ3v) is 6.43. The van der Waals surface area contributed by atoms with Crippen LogP contribution < -0.4 is 10.1 Å². The van der Waals surface area contributed by atoms with E-state index in [0.29, 0.717) is 28.4 Å². The first-order chi connectivity index (χ1) is 14.3. The summed E-state index contributed by atoms with van der Waals surface area (Å²) >= 11 is 1.39. The minimum absolute atomic E-state index is 0.0363. The molecule has 0 saturated heterocycles. The molecule has 8 heteroatoms. The summed E-state index contributed by atoms with van der Waals surface area (Å²) in [5.74, 6) is 1.81. The lowest BCUT2D eigenvalue weighted by Crippen LogP contribution is -2.41. The van der Waals surface area contributed by atoms with Gasteiger partial charge in [-0.2, -0.15) is 0 Å². The molecule has 1 aliphatic carbocycles. The summed E-state index contributed by atoms with van der Waals surface area (Å²) in [6.07, 6.45) is 4.30. The molecule has 0 radical (unpaired) electrons. The van der Waals surface area contributed by atoms with Gasteiger partial charge in [0, 0.05) is 12.1 Å². The predicted molar refractivity (Wildman–Crippen MR) is 116 cm³/mol. The highest BCUT2D eigenvalue weighted by molar-refractivity contribution is 7.99. The van der Waals surface area contributed by atoms with Crippen LogP contribution in [0.2, 0.25) is 0 Å². The van der Waals surface area contributed by atoms with Crippen LogP contribution in [-0.4, -0.2) is 32.5 Å². The van der Waals surface area contributed by atoms with Crippen molar-refractivity contribution in [2.45, 2.75) is 76.7 Å². The first-order valence-electron chi connectivity index (χ1n) is 10.6. The number of thioether (sulfide) groups is 1. The Morgan fingerprint density at radius 1 is 1.23 bits per heavy atom. The van der Waals surface area contributed by atoms with Crippen molar-refractivity contribution in [3.8, 4) is 5.75 Å². The fraction of sp³-hybridized carbons (Fsp3) is 0.591. The summed E-state index contributed by atoms with van der Waals surface area (Å²) < 4.78 is 21.0. The van der Waals surface area contributed by atoms with E-state index in [1.54, 1.807) is 12.1 Å². The summed E-state index contributed by atoms with van der Waals surface area (Å²) in [5.41, 5.74) is 0. The van der Waals surface area contributed by atoms with Crippen molar-refractivity contribution in [3.05, 3.63) is 35.9 Å². The maximum atomic E-state index is 13.1. The third-order valence-electron chi connectivity index (χ3n) is 5.49. The lowest BCUT2D eigenvalue weighted by atomic mass is 9.86. The zero-order valence-electron chi connectivity index (χ0n) is 18.1. The lowest BCUT2D eigenvalue weighted by molar-refractivity contribution is -0.119. The quantitative estimate of drug-likeness (QED) is 0.597. The topological polar surface area (TPSA) is 69.0 Å². The number of ether oxygens (including phenoxy) is 1. The van der Waals surface area contributed by atoms with Crippen molar-refractivity contribution in [1.29, 1.82) is 0 Å². The van der Waals surface area contributed by atoms with Crippen molar-refractivity contribution >= 4 is 17.7 Å². The Hall–Kier alpha value is -2.09. The van der Waals surface area contributed by atoms with Crippen molar-refractivity contribution in [2.24, 2.45) is 5.92 Å². The molecule has 2 aromatic rings. The average molecular weight is 435 g/mol. The summed E-state index contributed by atoms with van der Waals surface area (Å²) in [6.45, 7) is 8.19. The van der Waals surface area contributed by atoms with Gasteiger partial charge in [0.2, 0.25) is 5.91 Å². The smallest absolute Gasteiger partial charge is 0.230 e. The SMILES string of the molecule is CC(Oc1ccc(F)cc1)c1nnc(SCC(=O)NC2CCCCC2C)n1C(C)C. The number of aromatic nitrogens is 3. The number of hydrogen-bond acceptors (Lipinski definition) is 5. The van der Waals surface area contributed by atoms with Gasteiger partial charge in [-0.3, -0.25) is 4.79 Å². The predicted octanol–water partition coefficient (Wildman–Crippen LogP) is 4.93. The largest absolute Gasteiger partial charge is 0.483 e. The first-order valence-corrected chi connectivity index (χ1v) is 11.6. The van der Waals surface area contributed by atoms with Gasteiger partial charge in [0.15, 0.2) is 17.1 Å². The van der Waals surface area contributed by atoms with E-state index in [1.165, 1.54) is 43.2 Å². The highest BCUT2D eigenvalue weighted by Crippen LogP contribution is 2.28. The summed E-state index contributed by atoms with van der Waals surface area (Å²) in [4.78, 5) is 12.5. The number of nitrogens with one attached hydrogen (secondary N) is 1. The molecule has 6 nitrogen and oxygen atoms in total. The van der Waals surface area contributed by atoms with Crippen LogP contribution in [0.15, 0.2) is 29.4 Å². The summed E-state index contributed by atoms with van der Waals surface area (Å²) in [7, 11) is 0. The lowest BCUT2D eigenvalue weighted by Gasteiger charge is -2.29. The van der Waals surface area contributed by atoms with E-state index >= 15 is 0 Å². The van der Waals surface area contributed by atoms with Crippen molar-refractivity contribution in [2.75, 3.05) is 5.75 Å². The second-order valence-electron chi connectivity index (χ2n) is 8.24. The summed E-state index contributed by atoms with van der Waals surface area (Å²) in [5, 5.41) is 12.5. The van der Waals surface area contributed by atoms with E-state index in [0.717, 1.165) is 6.42 Å². The monoisotopic (exact) mass is 434 g/mol. The molecular weight excluding hydrogens is 403 g/mol. The van der Waals surface area contributed by atoms with Gasteiger partial charge >= 0.3 is 0 Å². The Bertz CT molecular complexity index is 840. The van der Waals surface area contributed by atoms with Crippen LogP contribution in [0, 0.1) is 11.7 Å². The molecule has 1 N–H and O–H groups in total. The fourth-order valence-electron chi connectivity index (χ4n) is 3.83. The van der Waals surface area contributed by atoms with Gasteiger partial charge < -0.3 is 14.6 Å². The fourth-order valence-corrected chi connectivity index (χ4v) is 4.71. The van der Waals surface area contributed by atoms with E-state index in [2.05, 4.69) is 22.4 Å². The Morgan fingerprint density at radius 3 is 2.60 bits per heavy atom. The van der Waals surface area contributed by atoms with Crippen LogP contribution in [0.25, 0.3) is 0 Å². The molecule has 1 amide bonds. The molecule has 1 fully saturated rings. The van der Waals surface area contributed by atoms with Crippen LogP contribution in [0.5, 0.6) is 5.75 Å². The first kappa shape index (κ1) is 22.6. The zero-order valence-corrected chi connectivity index (χ0v) is 18.9. The molecule has 0 aliphatic heterocycles. The molecule has 3 atom stereocenters. The number of halogens is 1. The zero-order chi connectivity index (χ0) is 21.7. The number of carbonyl (C=O) groups is 1. The van der Waals surface area contributed by atoms with Crippen molar-refractivity contribution < 1.29 is 13.9 Å². The number of benzene rings is 1. The third kappa shape index (κ3) is 5.74. The van der Waals surface area contributed by atoms with Gasteiger partial charge in [-0.1, -0.05) is 31.5 Å². The molecule has 0 spiro atoms. The minimum atomic E-state index is -0.364. The molecule has 3 rings (SSSR count). The number of amides is 1. The summed E-state index contributed by atoms with van der Waals surface area (Å²) in [6, 6.07) is 6.29. The molecule has 1 aromatic carbocycles. The van der Waals surface area contributed by atoms with Gasteiger partial charge in [-0.05, 0) is 63.8 Å². The maximum absolute atomic E-state index is 13.1. The Morgan fingerprint density at radius 2 is 1.93 bits per heavy atom. The second-order valence-corrected chi connectivity index (χ2v) is 9.19. The van der Waals surface area contributed by atoms with Crippen LogP contribution >= 0.6 is 11.8 Å². The number of rotatable bonds is 8. The normalized spacial score (nSPS) is 20.2. The second kappa shape index (κ2) is 10.3. The van der Waals surface area contributed by atoms with Crippen LogP contribution in [0.1, 0.15) is 71.3 Å². The van der Waals surface area contributed by atoms with Crippen molar-refractivity contribution in [1.82, 2.24) is 20.1 Å². The van der Waals surface area contributed by atoms with Gasteiger partial charge in [0.05, 0.1) is 5.75 Å². The Labute approximate surface area is 182 Å². The number of hydrogen-bond donors (Lipinski definition) is 1. The van der Waals surface area contributed by atoms with Crippen LogP contribution in [0.3, 0.4) is 0 Å². The Kier molecular flexibility index (Phi) is 7.75. The molecule has 1 heterocycles. The molecule has 3 unspecified atom stereocenters. The minimum Gasteiger partial charge on any atom is -0.483 e. The Balaban J connectivity index is 1.63. The highest BCUT2D eigenvalue weighted by Gasteiger charge is 2.25. The molecule has 0 bridgehead atoms. The van der Waals surface area contributed by atoms with E-state index in [9.17, 15) is 9.18 Å². The van der Waals surface area contributed by atoms with E-state index in [1.807, 2.05) is 25.3 Å². The molecule has 164 valence electrons. The van der Waals surface area contributed by atoms with Gasteiger partial charge in [-0.15, -0.1) is 10.2 Å². The maximum Gasteiger partial charge on any atom is 0.230 e. The van der Waals surface area contributed by atoms with Crippen LogP contribution in [0.4, 0.5) is 4.39 Å². The molecule has 30 heavy (non-hydrogen) atoms.